The molecule has 0 rings (SSSR count). The zero-order chi connectivity index (χ0) is 8.36. The molecule has 7 heteroatoms. The molecule has 0 radical (unpaired) electrons. The Hall–Kier alpha value is 0.380. The maximum atomic E-state index is 10.1. The van der Waals surface area contributed by atoms with Gasteiger partial charge >= 0.3 is 29.6 Å². The van der Waals surface area contributed by atoms with Crippen molar-refractivity contribution in [3.8, 4) is 0 Å². The molecule has 0 aromatic carbocycles. The molecule has 0 amide bonds. The number of hydrogen-bond donors (Lipinski definition) is 1. The summed E-state index contributed by atoms with van der Waals surface area (Å²) in [7, 11) is -4.48. The van der Waals surface area contributed by atoms with Crippen molar-refractivity contribution in [2.24, 2.45) is 0 Å². The predicted molar refractivity (Wildman–Crippen MR) is 30.6 cm³/mol. The van der Waals surface area contributed by atoms with E-state index < -0.39 is 21.3 Å². The molecule has 5 nitrogen and oxygen atoms in total. The van der Waals surface area contributed by atoms with Crippen molar-refractivity contribution >= 4 is 16.1 Å². The fourth-order valence-electron chi connectivity index (χ4n) is 0.499. The molecule has 0 saturated heterocycles. The van der Waals surface area contributed by atoms with Crippen molar-refractivity contribution in [1.29, 1.82) is 0 Å². The van der Waals surface area contributed by atoms with Gasteiger partial charge in [-0.3, -0.25) is 4.55 Å². The Morgan fingerprint density at radius 3 is 2.00 bits per heavy atom. The van der Waals surface area contributed by atoms with Gasteiger partial charge in [0, 0.05) is 0 Å². The van der Waals surface area contributed by atoms with Crippen LogP contribution in [0, 0.1) is 0 Å². The second kappa shape index (κ2) is 5.10. The standard InChI is InChI=1S/C4H8O5S.Na/c1-2-3(4(5)6)10(7,8)9;/h3H,2H2,1H3,(H,5,6)(H,7,8,9);/q;+1/p-1. The maximum Gasteiger partial charge on any atom is 1.00 e. The normalized spacial score (nSPS) is 13.3. The first-order valence-electron chi connectivity index (χ1n) is 2.56. The second-order valence-electron chi connectivity index (χ2n) is 1.73. The van der Waals surface area contributed by atoms with Gasteiger partial charge in [0.05, 0.1) is 5.97 Å². The summed E-state index contributed by atoms with van der Waals surface area (Å²) in [6.45, 7) is 1.33. The van der Waals surface area contributed by atoms with Gasteiger partial charge in [0.25, 0.3) is 10.1 Å². The summed E-state index contributed by atoms with van der Waals surface area (Å²) in [5.41, 5.74) is 0. The van der Waals surface area contributed by atoms with Crippen LogP contribution in [0.2, 0.25) is 0 Å². The SMILES string of the molecule is CCC(C(=O)[O-])S(=O)(=O)O.[Na+]. The van der Waals surface area contributed by atoms with E-state index in [1.54, 1.807) is 0 Å². The molecular weight excluding hydrogens is 183 g/mol. The van der Waals surface area contributed by atoms with E-state index in [1.165, 1.54) is 6.92 Å². The van der Waals surface area contributed by atoms with Crippen LogP contribution in [0.4, 0.5) is 0 Å². The number of carboxylic acids is 1. The van der Waals surface area contributed by atoms with Crippen molar-refractivity contribution in [2.45, 2.75) is 18.6 Å². The fraction of sp³-hybridized carbons (Fsp3) is 0.750. The first-order valence-corrected chi connectivity index (χ1v) is 4.07. The first-order chi connectivity index (χ1) is 4.39. The molecule has 1 atom stereocenters. The van der Waals surface area contributed by atoms with Crippen LogP contribution >= 0.6 is 0 Å². The largest absolute Gasteiger partial charge is 1.00 e. The van der Waals surface area contributed by atoms with Gasteiger partial charge in [-0.05, 0) is 6.42 Å². The molecule has 11 heavy (non-hydrogen) atoms. The number of carboxylic acid groups (broad SMARTS) is 1. The average Bonchev–Trinajstić information content (AvgIpc) is 1.60. The Morgan fingerprint density at radius 2 is 2.00 bits per heavy atom. The molecule has 0 aromatic rings. The van der Waals surface area contributed by atoms with Gasteiger partial charge in [-0.25, -0.2) is 0 Å². The molecule has 0 bridgehead atoms. The third-order valence-corrected chi connectivity index (χ3v) is 2.24. The van der Waals surface area contributed by atoms with E-state index >= 15 is 0 Å². The molecule has 60 valence electrons. The van der Waals surface area contributed by atoms with Gasteiger partial charge in [-0.15, -0.1) is 0 Å². The maximum absolute atomic E-state index is 10.1. The summed E-state index contributed by atoms with van der Waals surface area (Å²) in [5, 5.41) is 8.13. The Morgan fingerprint density at radius 1 is 1.64 bits per heavy atom. The molecule has 1 N–H and O–H groups in total. The molecule has 0 aliphatic carbocycles. The quantitative estimate of drug-likeness (QED) is 0.357. The minimum atomic E-state index is -4.48. The summed E-state index contributed by atoms with van der Waals surface area (Å²) in [6.07, 6.45) is -0.193. The number of hydrogen-bond acceptors (Lipinski definition) is 4. The van der Waals surface area contributed by atoms with Gasteiger partial charge in [0.15, 0.2) is 0 Å². The molecule has 0 aromatic heterocycles. The van der Waals surface area contributed by atoms with Gasteiger partial charge in [0.2, 0.25) is 0 Å². The van der Waals surface area contributed by atoms with Gasteiger partial charge < -0.3 is 9.90 Å². The number of carbonyl (C=O) groups excluding carboxylic acids is 1. The van der Waals surface area contributed by atoms with Crippen LogP contribution in [0.5, 0.6) is 0 Å². The summed E-state index contributed by atoms with van der Waals surface area (Å²) in [6, 6.07) is 0. The van der Waals surface area contributed by atoms with Crippen molar-refractivity contribution in [3.63, 3.8) is 0 Å². The van der Waals surface area contributed by atoms with Gasteiger partial charge in [-0.2, -0.15) is 8.42 Å². The van der Waals surface area contributed by atoms with Crippen molar-refractivity contribution in [3.05, 3.63) is 0 Å². The monoisotopic (exact) mass is 190 g/mol. The van der Waals surface area contributed by atoms with E-state index in [0.717, 1.165) is 0 Å². The van der Waals surface area contributed by atoms with Crippen LogP contribution in [-0.4, -0.2) is 24.2 Å². The third-order valence-electron chi connectivity index (χ3n) is 0.993. The van der Waals surface area contributed by atoms with E-state index in [9.17, 15) is 18.3 Å². The molecule has 0 aliphatic heterocycles. The zero-order valence-electron chi connectivity index (χ0n) is 6.27. The summed E-state index contributed by atoms with van der Waals surface area (Å²) in [5.74, 6) is -1.77. The van der Waals surface area contributed by atoms with Crippen molar-refractivity contribution in [1.82, 2.24) is 0 Å². The molecular formula is C4H7NaO5S. The Balaban J connectivity index is 0. The van der Waals surface area contributed by atoms with Gasteiger partial charge in [0.1, 0.15) is 5.25 Å². The Labute approximate surface area is 86.8 Å². The topological polar surface area (TPSA) is 94.5 Å². The second-order valence-corrected chi connectivity index (χ2v) is 3.33. The molecule has 1 unspecified atom stereocenters. The van der Waals surface area contributed by atoms with Crippen LogP contribution in [-0.2, 0) is 14.9 Å². The molecule has 0 fully saturated rings. The van der Waals surface area contributed by atoms with E-state index in [-0.39, 0.29) is 36.0 Å². The van der Waals surface area contributed by atoms with E-state index in [0.29, 0.717) is 0 Å². The number of aliphatic carboxylic acids is 1. The summed E-state index contributed by atoms with van der Waals surface area (Å²) < 4.78 is 28.5. The minimum Gasteiger partial charge on any atom is -0.549 e. The van der Waals surface area contributed by atoms with Crippen LogP contribution in [0.1, 0.15) is 13.3 Å². The van der Waals surface area contributed by atoms with Crippen LogP contribution in [0.3, 0.4) is 0 Å². The molecule has 0 heterocycles. The molecule has 0 spiro atoms. The molecule has 0 saturated carbocycles. The molecule has 0 aliphatic rings. The number of carbonyl (C=O) groups is 1. The predicted octanol–water partition coefficient (Wildman–Crippen LogP) is -4.59. The van der Waals surface area contributed by atoms with Crippen molar-refractivity contribution < 1.29 is 52.4 Å². The Bertz CT molecular complexity index is 221. The van der Waals surface area contributed by atoms with E-state index in [4.69, 9.17) is 4.55 Å². The van der Waals surface area contributed by atoms with Gasteiger partial charge in [-0.1, -0.05) is 6.92 Å². The first kappa shape index (κ1) is 13.9. The van der Waals surface area contributed by atoms with E-state index in [2.05, 4.69) is 0 Å². The Kier molecular flexibility index (Phi) is 6.46. The summed E-state index contributed by atoms with van der Waals surface area (Å²) >= 11 is 0. The zero-order valence-corrected chi connectivity index (χ0v) is 9.09. The van der Waals surface area contributed by atoms with Crippen LogP contribution < -0.4 is 34.7 Å². The van der Waals surface area contributed by atoms with Crippen molar-refractivity contribution in [2.75, 3.05) is 0 Å². The minimum absolute atomic E-state index is 0. The van der Waals surface area contributed by atoms with Crippen LogP contribution in [0.15, 0.2) is 0 Å². The number of rotatable bonds is 3. The third kappa shape index (κ3) is 4.76. The van der Waals surface area contributed by atoms with Crippen LogP contribution in [0.25, 0.3) is 0 Å². The smallest absolute Gasteiger partial charge is 0.549 e. The fourth-order valence-corrected chi connectivity index (χ4v) is 1.16. The van der Waals surface area contributed by atoms with E-state index in [1.807, 2.05) is 0 Å². The summed E-state index contributed by atoms with van der Waals surface area (Å²) in [4.78, 5) is 9.93. The average molecular weight is 190 g/mol.